The minimum absolute atomic E-state index is 0.00246. The standard InChI is InChI=1S/C39H71N11O11/c1-9-21(7)30(36(58)48-27(17-20(5)6)35(57)46-25(38(60)61)12-11-15-44-39(42)43)50-37(59)31(22(8)10-2)49-33(55)24(13-14-29(52)53)45-34(56)26(16-19(3)4)47-32(54)23(40)18-28(41)51/h19-27,30-31H,9-18,40H2,1-8H3,(H2,41,51)(H,45,56)(H,46,57)(H,47,54)(H,48,58)(H,49,55)(H,50,59)(H,52,53)(H,60,61)(H4,42,43,44)/t21-,22-,23-,24-,25-,26-,27-,30-,31-/m0/s1. The van der Waals surface area contributed by atoms with Gasteiger partial charge in [0.15, 0.2) is 5.96 Å². The fourth-order valence-electron chi connectivity index (χ4n) is 6.00. The molecule has 16 N–H and O–H groups in total. The Kier molecular flexibility index (Phi) is 25.5. The van der Waals surface area contributed by atoms with Gasteiger partial charge in [-0.3, -0.25) is 43.3 Å². The van der Waals surface area contributed by atoms with Crippen molar-refractivity contribution in [1.29, 1.82) is 0 Å². The first kappa shape index (κ1) is 55.5. The van der Waals surface area contributed by atoms with Crippen molar-refractivity contribution in [2.24, 2.45) is 51.6 Å². The number of guanidine groups is 1. The van der Waals surface area contributed by atoms with Crippen molar-refractivity contribution < 1.29 is 53.4 Å². The molecule has 0 saturated heterocycles. The van der Waals surface area contributed by atoms with E-state index < -0.39 is 127 Å². The fourth-order valence-corrected chi connectivity index (χ4v) is 6.00. The van der Waals surface area contributed by atoms with Crippen LogP contribution in [0.25, 0.3) is 0 Å². The van der Waals surface area contributed by atoms with E-state index >= 15 is 0 Å². The molecule has 0 rings (SSSR count). The van der Waals surface area contributed by atoms with Crippen molar-refractivity contribution >= 4 is 59.2 Å². The van der Waals surface area contributed by atoms with Crippen LogP contribution in [0, 0.1) is 23.7 Å². The lowest BCUT2D eigenvalue weighted by atomic mass is 9.94. The van der Waals surface area contributed by atoms with Crippen molar-refractivity contribution in [3.05, 3.63) is 0 Å². The molecule has 0 spiro atoms. The Morgan fingerprint density at radius 3 is 1.38 bits per heavy atom. The monoisotopic (exact) mass is 870 g/mol. The number of hydrogen-bond acceptors (Lipinski definition) is 11. The Hall–Kier alpha value is -5.54. The average molecular weight is 870 g/mol. The van der Waals surface area contributed by atoms with Crippen LogP contribution in [0.15, 0.2) is 4.99 Å². The molecule has 7 amide bonds. The van der Waals surface area contributed by atoms with Gasteiger partial charge in [-0.05, 0) is 55.8 Å². The van der Waals surface area contributed by atoms with Crippen molar-refractivity contribution in [1.82, 2.24) is 31.9 Å². The first-order chi connectivity index (χ1) is 28.3. The summed E-state index contributed by atoms with van der Waals surface area (Å²) in [6.45, 7) is 14.2. The molecule has 0 aromatic heterocycles. The predicted octanol–water partition coefficient (Wildman–Crippen LogP) is -1.71. The topological polar surface area (TPSA) is 383 Å². The molecule has 0 aromatic rings. The zero-order valence-corrected chi connectivity index (χ0v) is 36.7. The van der Waals surface area contributed by atoms with Gasteiger partial charge in [0.2, 0.25) is 41.4 Å². The molecule has 0 aromatic carbocycles. The molecule has 22 nitrogen and oxygen atoms in total. The van der Waals surface area contributed by atoms with E-state index in [9.17, 15) is 53.4 Å². The summed E-state index contributed by atoms with van der Waals surface area (Å²) in [7, 11) is 0. The van der Waals surface area contributed by atoms with Crippen LogP contribution < -0.4 is 54.8 Å². The van der Waals surface area contributed by atoms with E-state index in [-0.39, 0.29) is 50.0 Å². The van der Waals surface area contributed by atoms with Crippen molar-refractivity contribution in [3.8, 4) is 0 Å². The summed E-state index contributed by atoms with van der Waals surface area (Å²) >= 11 is 0. The number of amides is 7. The molecular formula is C39H71N11O11. The summed E-state index contributed by atoms with van der Waals surface area (Å²) in [4.78, 5) is 120. The number of carboxylic acid groups (broad SMARTS) is 2. The molecule has 0 fully saturated rings. The predicted molar refractivity (Wildman–Crippen MR) is 226 cm³/mol. The van der Waals surface area contributed by atoms with Crippen LogP contribution in [0.4, 0.5) is 0 Å². The van der Waals surface area contributed by atoms with Gasteiger partial charge in [-0.1, -0.05) is 68.2 Å². The Balaban J connectivity index is 6.46. The number of carboxylic acids is 2. The molecule has 22 heteroatoms. The van der Waals surface area contributed by atoms with Crippen LogP contribution in [0.2, 0.25) is 0 Å². The highest BCUT2D eigenvalue weighted by molar-refractivity contribution is 5.97. The van der Waals surface area contributed by atoms with E-state index in [1.165, 1.54) is 0 Å². The molecule has 0 radical (unpaired) electrons. The molecule has 0 heterocycles. The highest BCUT2D eigenvalue weighted by atomic mass is 16.4. The highest BCUT2D eigenvalue weighted by Crippen LogP contribution is 2.15. The summed E-state index contributed by atoms with van der Waals surface area (Å²) in [5.74, 6) is -9.83. The molecule has 9 atom stereocenters. The van der Waals surface area contributed by atoms with Crippen molar-refractivity contribution in [2.45, 2.75) is 155 Å². The van der Waals surface area contributed by atoms with Gasteiger partial charge < -0.3 is 65.0 Å². The van der Waals surface area contributed by atoms with Crippen LogP contribution in [-0.2, 0) is 43.2 Å². The minimum Gasteiger partial charge on any atom is -0.481 e. The molecule has 0 aliphatic carbocycles. The van der Waals surface area contributed by atoms with E-state index in [1.807, 2.05) is 0 Å². The lowest BCUT2D eigenvalue weighted by Gasteiger charge is -2.31. The zero-order valence-electron chi connectivity index (χ0n) is 36.7. The zero-order chi connectivity index (χ0) is 47.1. The number of hydrogen-bond donors (Lipinski definition) is 12. The maximum absolute atomic E-state index is 14.1. The number of nitrogens with zero attached hydrogens (tertiary/aromatic N) is 1. The molecule has 0 unspecified atom stereocenters. The molecule has 0 aliphatic heterocycles. The molecule has 0 bridgehead atoms. The second kappa shape index (κ2) is 28.1. The van der Waals surface area contributed by atoms with Gasteiger partial charge in [0.25, 0.3) is 0 Å². The van der Waals surface area contributed by atoms with E-state index in [0.29, 0.717) is 12.8 Å². The van der Waals surface area contributed by atoms with Crippen LogP contribution in [0.3, 0.4) is 0 Å². The number of primary amides is 1. The number of nitrogens with two attached hydrogens (primary N) is 4. The van der Waals surface area contributed by atoms with Gasteiger partial charge in [0.05, 0.1) is 12.5 Å². The van der Waals surface area contributed by atoms with Crippen LogP contribution in [0.5, 0.6) is 0 Å². The maximum atomic E-state index is 14.1. The van der Waals surface area contributed by atoms with E-state index in [2.05, 4.69) is 36.9 Å². The average Bonchev–Trinajstić information content (AvgIpc) is 3.15. The summed E-state index contributed by atoms with van der Waals surface area (Å²) in [6.07, 6.45) is -0.274. The third-order valence-electron chi connectivity index (χ3n) is 9.86. The Labute approximate surface area is 357 Å². The SMILES string of the molecule is CC[C@H](C)[C@H](NC(=O)[C@H](CCC(=O)O)NC(=O)[C@H](CC(C)C)NC(=O)[C@@H](N)CC(N)=O)C(=O)N[C@H](C(=O)N[C@@H](CC(C)C)C(=O)N[C@@H](CCCN=C(N)N)C(=O)O)[C@@H](C)CC. The quantitative estimate of drug-likeness (QED) is 0.0217. The largest absolute Gasteiger partial charge is 0.481 e. The first-order valence-corrected chi connectivity index (χ1v) is 20.7. The summed E-state index contributed by atoms with van der Waals surface area (Å²) in [5.41, 5.74) is 21.6. The summed E-state index contributed by atoms with van der Waals surface area (Å²) in [6, 6.07) is -9.15. The molecule has 348 valence electrons. The Morgan fingerprint density at radius 2 is 0.967 bits per heavy atom. The van der Waals surface area contributed by atoms with E-state index in [4.69, 9.17) is 22.9 Å². The van der Waals surface area contributed by atoms with Crippen LogP contribution >= 0.6 is 0 Å². The lowest BCUT2D eigenvalue weighted by molar-refractivity contribution is -0.142. The van der Waals surface area contributed by atoms with Gasteiger partial charge >= 0.3 is 11.9 Å². The third-order valence-corrected chi connectivity index (χ3v) is 9.86. The number of carbonyl (C=O) groups is 9. The van der Waals surface area contributed by atoms with Gasteiger partial charge in [0, 0.05) is 13.0 Å². The number of aliphatic carboxylic acids is 2. The van der Waals surface area contributed by atoms with E-state index in [0.717, 1.165) is 0 Å². The second-order valence-corrected chi connectivity index (χ2v) is 16.2. The van der Waals surface area contributed by atoms with Crippen molar-refractivity contribution in [3.63, 3.8) is 0 Å². The second-order valence-electron chi connectivity index (χ2n) is 16.2. The van der Waals surface area contributed by atoms with Crippen LogP contribution in [0.1, 0.15) is 113 Å². The molecule has 0 aliphatic rings. The van der Waals surface area contributed by atoms with Crippen LogP contribution in [-0.4, -0.2) is 118 Å². The normalized spacial score (nSPS) is 15.6. The maximum Gasteiger partial charge on any atom is 0.326 e. The Bertz CT molecular complexity index is 1540. The lowest BCUT2D eigenvalue weighted by Crippen LogP contribution is -2.62. The number of carbonyl (C=O) groups excluding carboxylic acids is 7. The minimum atomic E-state index is -1.50. The molecule has 61 heavy (non-hydrogen) atoms. The smallest absolute Gasteiger partial charge is 0.326 e. The number of rotatable bonds is 30. The highest BCUT2D eigenvalue weighted by Gasteiger charge is 2.37. The molecular weight excluding hydrogens is 798 g/mol. The third kappa shape index (κ3) is 22.0. The fraction of sp³-hybridized carbons (Fsp3) is 0.744. The summed E-state index contributed by atoms with van der Waals surface area (Å²) < 4.78 is 0. The van der Waals surface area contributed by atoms with Gasteiger partial charge in [0.1, 0.15) is 36.3 Å². The number of aliphatic imine (C=N–C) groups is 1. The van der Waals surface area contributed by atoms with Gasteiger partial charge in [-0.2, -0.15) is 0 Å². The van der Waals surface area contributed by atoms with Crippen molar-refractivity contribution in [2.75, 3.05) is 6.54 Å². The Morgan fingerprint density at radius 1 is 0.557 bits per heavy atom. The summed E-state index contributed by atoms with van der Waals surface area (Å²) in [5, 5.41) is 34.6. The van der Waals surface area contributed by atoms with Gasteiger partial charge in [-0.15, -0.1) is 0 Å². The number of nitrogens with one attached hydrogen (secondary N) is 6. The van der Waals surface area contributed by atoms with Gasteiger partial charge in [-0.25, -0.2) is 4.79 Å². The van der Waals surface area contributed by atoms with E-state index in [1.54, 1.807) is 55.4 Å². The first-order valence-electron chi connectivity index (χ1n) is 20.7. The molecule has 0 saturated carbocycles.